The Hall–Kier alpha value is 4.49. The maximum atomic E-state index is 6.38. The van der Waals surface area contributed by atoms with Gasteiger partial charge in [0, 0.05) is 89.1 Å². The van der Waals surface area contributed by atoms with Crippen molar-refractivity contribution in [2.75, 3.05) is 82.5 Å². The summed E-state index contributed by atoms with van der Waals surface area (Å²) in [4.78, 5) is 0. The molecule has 0 saturated heterocycles. The van der Waals surface area contributed by atoms with E-state index in [-0.39, 0.29) is 0 Å². The van der Waals surface area contributed by atoms with E-state index in [4.69, 9.17) is 86.5 Å². The number of hydrogen-bond donors (Lipinski definition) is 4. The summed E-state index contributed by atoms with van der Waals surface area (Å²) in [5.74, 6) is 4.77. The summed E-state index contributed by atoms with van der Waals surface area (Å²) in [6.45, 7) is 23.4. The molecule has 1 fully saturated rings. The molecule has 0 aromatic rings. The fraction of sp³-hybridized carbons (Fsp3) is 1.00. The van der Waals surface area contributed by atoms with Crippen LogP contribution in [0.25, 0.3) is 0 Å². The zero-order chi connectivity index (χ0) is 44.2. The summed E-state index contributed by atoms with van der Waals surface area (Å²) >= 11 is 21.0. The molecule has 59 heavy (non-hydrogen) atoms. The van der Waals surface area contributed by atoms with E-state index in [0.717, 1.165) is 66.3 Å². The molecule has 0 spiro atoms. The Morgan fingerprint density at radius 1 is 0.458 bits per heavy atom. The van der Waals surface area contributed by atoms with Gasteiger partial charge in [-0.15, -0.1) is 31.4 Å². The standard InChI is InChI=1S/C35H82O9S12Si3/c1-10-36-57(37-11-2,38-12-3)32-22-28-54(31-27-35-25-20-19-21-26-35,53-56(48,50-46)30-24-34-59(42-16-7,43-17-8)44-18-9)51-52-55(47,49-45)29-23-33-58(39-13-4,40-14-5)41-15-6/h35,45-48H,10-34H2,1-9H3. The van der Waals surface area contributed by atoms with Gasteiger partial charge in [0.05, 0.1) is 0 Å². The van der Waals surface area contributed by atoms with Gasteiger partial charge >= 0.3 is 26.4 Å². The van der Waals surface area contributed by atoms with Gasteiger partial charge in [-0.05, 0) is 155 Å². The molecule has 3 atom stereocenters. The molecular weight excluding hydrogens is 1030 g/mol. The van der Waals surface area contributed by atoms with Crippen LogP contribution < -0.4 is 0 Å². The lowest BCUT2D eigenvalue weighted by Crippen LogP contribution is -2.46. The van der Waals surface area contributed by atoms with Crippen molar-refractivity contribution in [1.29, 1.82) is 0 Å². The molecule has 360 valence electrons. The van der Waals surface area contributed by atoms with Crippen molar-refractivity contribution in [2.45, 2.75) is 138 Å². The zero-order valence-corrected chi connectivity index (χ0v) is 50.6. The molecule has 3 unspecified atom stereocenters. The minimum Gasteiger partial charge on any atom is -0.374 e. The van der Waals surface area contributed by atoms with E-state index >= 15 is 0 Å². The highest BCUT2D eigenvalue weighted by Crippen LogP contribution is 2.94. The second-order valence-corrected chi connectivity index (χ2v) is 55.7. The van der Waals surface area contributed by atoms with Gasteiger partial charge in [-0.25, -0.2) is 0 Å². The normalized spacial score (nSPS) is 19.5. The Kier molecular flexibility index (Phi) is 36.2. The third-order valence-corrected chi connectivity index (χ3v) is 63.6. The number of thiol groups is 4. The van der Waals surface area contributed by atoms with E-state index in [1.807, 2.05) is 72.1 Å². The lowest BCUT2D eigenvalue weighted by atomic mass is 9.88. The first kappa shape index (κ1) is 61.5. The molecule has 0 radical (unpaired) electrons. The van der Waals surface area contributed by atoms with E-state index < -0.39 is 48.8 Å². The van der Waals surface area contributed by atoms with Crippen molar-refractivity contribution < 1.29 is 39.8 Å². The topological polar surface area (TPSA) is 83.1 Å². The van der Waals surface area contributed by atoms with Crippen LogP contribution in [0.4, 0.5) is 0 Å². The molecule has 1 rings (SSSR count). The van der Waals surface area contributed by atoms with Gasteiger partial charge in [-0.3, -0.25) is 0 Å². The molecule has 0 aliphatic heterocycles. The van der Waals surface area contributed by atoms with Crippen molar-refractivity contribution in [2.24, 2.45) is 5.92 Å². The van der Waals surface area contributed by atoms with Crippen LogP contribution >= 0.6 is 118 Å². The predicted molar refractivity (Wildman–Crippen MR) is 298 cm³/mol. The van der Waals surface area contributed by atoms with Crippen LogP contribution in [0.3, 0.4) is 0 Å². The fourth-order valence-electron chi connectivity index (χ4n) is 6.98. The maximum Gasteiger partial charge on any atom is 0.500 e. The first-order valence-corrected chi connectivity index (χ1v) is 44.9. The van der Waals surface area contributed by atoms with Gasteiger partial charge in [0.15, 0.2) is 0 Å². The second kappa shape index (κ2) is 34.7. The van der Waals surface area contributed by atoms with Crippen LogP contribution in [0.2, 0.25) is 18.1 Å². The summed E-state index contributed by atoms with van der Waals surface area (Å²) in [5.41, 5.74) is 0. The van der Waals surface area contributed by atoms with Gasteiger partial charge in [-0.1, -0.05) is 69.7 Å². The van der Waals surface area contributed by atoms with Crippen molar-refractivity contribution >= 4 is 145 Å². The molecule has 0 N–H and O–H groups in total. The molecule has 0 bridgehead atoms. The highest BCUT2D eigenvalue weighted by molar-refractivity contribution is 9.73. The van der Waals surface area contributed by atoms with Crippen LogP contribution in [0, 0.1) is 5.92 Å². The van der Waals surface area contributed by atoms with Crippen LogP contribution in [-0.2, 0) is 39.8 Å². The molecule has 9 nitrogen and oxygen atoms in total. The van der Waals surface area contributed by atoms with Gasteiger partial charge in [0.25, 0.3) is 0 Å². The van der Waals surface area contributed by atoms with Crippen LogP contribution in [0.1, 0.15) is 120 Å². The summed E-state index contributed by atoms with van der Waals surface area (Å²) < 4.78 is 56.6. The van der Waals surface area contributed by atoms with E-state index in [0.29, 0.717) is 59.5 Å². The third-order valence-electron chi connectivity index (χ3n) is 9.27. The Morgan fingerprint density at radius 2 is 0.797 bits per heavy atom. The summed E-state index contributed by atoms with van der Waals surface area (Å²) in [6.07, 6.45) is 10.7. The molecule has 1 saturated carbocycles. The summed E-state index contributed by atoms with van der Waals surface area (Å²) in [7, 11) is -3.55. The van der Waals surface area contributed by atoms with Gasteiger partial charge in [0.2, 0.25) is 0 Å². The lowest BCUT2D eigenvalue weighted by molar-refractivity contribution is 0.0704. The molecule has 1 aliphatic rings. The molecule has 0 aromatic heterocycles. The van der Waals surface area contributed by atoms with E-state index in [9.17, 15) is 0 Å². The van der Waals surface area contributed by atoms with E-state index in [1.165, 1.54) is 38.5 Å². The van der Waals surface area contributed by atoms with Crippen LogP contribution in [0.5, 0.6) is 0 Å². The monoisotopic (exact) mass is 1110 g/mol. The highest BCUT2D eigenvalue weighted by atomic mass is 34.1. The van der Waals surface area contributed by atoms with E-state index in [1.54, 1.807) is 19.7 Å². The first-order chi connectivity index (χ1) is 28.3. The van der Waals surface area contributed by atoms with Gasteiger partial charge < -0.3 is 39.8 Å². The van der Waals surface area contributed by atoms with Crippen molar-refractivity contribution in [3.05, 3.63) is 0 Å². The van der Waals surface area contributed by atoms with Crippen LogP contribution in [0.15, 0.2) is 0 Å². The van der Waals surface area contributed by atoms with Crippen molar-refractivity contribution in [3.63, 3.8) is 0 Å². The largest absolute Gasteiger partial charge is 0.500 e. The molecule has 24 heteroatoms. The summed E-state index contributed by atoms with van der Waals surface area (Å²) in [5, 5.41) is 0. The minimum atomic E-state index is -2.85. The molecule has 1 aliphatic carbocycles. The predicted octanol–water partition coefficient (Wildman–Crippen LogP) is 15.1. The highest BCUT2D eigenvalue weighted by Gasteiger charge is 2.45. The second-order valence-electron chi connectivity index (χ2n) is 13.6. The Bertz CT molecular complexity index is 1010. The smallest absolute Gasteiger partial charge is 0.374 e. The SMILES string of the molecule is CCO[Si](CCCS(S)(SS)SSS(CCC[Si](OCC)(OCC)OCC)(CCC1CCCCC1)SS(S)(CCC[Si](OCC)(OCC)OCC)SS)(OCC)OCC. The first-order valence-electron chi connectivity index (χ1n) is 21.6. The Morgan fingerprint density at radius 3 is 1.14 bits per heavy atom. The average Bonchev–Trinajstić information content (AvgIpc) is 3.20. The molecule has 0 aromatic carbocycles. The maximum absolute atomic E-state index is 6.38. The Labute approximate surface area is 406 Å². The van der Waals surface area contributed by atoms with Gasteiger partial charge in [-0.2, -0.15) is 0 Å². The Balaban J connectivity index is 3.63. The molecule has 0 amide bonds. The van der Waals surface area contributed by atoms with Gasteiger partial charge in [0.1, 0.15) is 0 Å². The zero-order valence-electron chi connectivity index (χ0n) is 37.5. The fourth-order valence-corrected chi connectivity index (χ4v) is 66.4. The average molecular weight is 1120 g/mol. The minimum absolute atomic E-state index is 0.572. The summed E-state index contributed by atoms with van der Waals surface area (Å²) in [6, 6.07) is 2.32. The van der Waals surface area contributed by atoms with Crippen LogP contribution in [-0.4, -0.2) is 109 Å². The number of rotatable bonds is 40. The van der Waals surface area contributed by atoms with Crippen molar-refractivity contribution in [1.82, 2.24) is 0 Å². The van der Waals surface area contributed by atoms with Crippen molar-refractivity contribution in [3.8, 4) is 0 Å². The third kappa shape index (κ3) is 24.1. The quantitative estimate of drug-likeness (QED) is 0.0267. The molecular formula is C35H82O9S12Si3. The number of hydrogen-bond acceptors (Lipinski definition) is 18. The molecule has 0 heterocycles. The lowest BCUT2D eigenvalue weighted by Gasteiger charge is -2.47. The van der Waals surface area contributed by atoms with E-state index in [2.05, 4.69) is 19.7 Å².